The Hall–Kier alpha value is -1.56. The summed E-state index contributed by atoms with van der Waals surface area (Å²) in [5, 5.41) is 0. The van der Waals surface area contributed by atoms with Crippen LogP contribution in [0.4, 0.5) is 0 Å². The maximum Gasteiger partial charge on any atom is -0.0152 e. The molecule has 0 N–H and O–H groups in total. The van der Waals surface area contributed by atoms with Crippen molar-refractivity contribution in [2.75, 3.05) is 0 Å². The maximum atomic E-state index is 2.44. The van der Waals surface area contributed by atoms with Gasteiger partial charge in [-0.2, -0.15) is 0 Å². The Morgan fingerprint density at radius 2 is 1.18 bits per heavy atom. The Labute approximate surface area is 174 Å². The summed E-state index contributed by atoms with van der Waals surface area (Å²) in [4.78, 5) is 0. The summed E-state index contributed by atoms with van der Waals surface area (Å²) in [6.45, 7) is 4.58. The predicted octanol–water partition coefficient (Wildman–Crippen LogP) is 9.33. The lowest BCUT2D eigenvalue weighted by Gasteiger charge is -2.10. The molecule has 0 unspecified atom stereocenters. The molecular weight excluding hydrogens is 336 g/mol. The molecule has 0 aromatic rings. The lowest BCUT2D eigenvalue weighted by Crippen LogP contribution is -1.91. The van der Waals surface area contributed by atoms with Gasteiger partial charge in [-0.25, -0.2) is 0 Å². The highest BCUT2D eigenvalue weighted by Gasteiger charge is 2.10. The largest absolute Gasteiger partial charge is 0.0654 e. The van der Waals surface area contributed by atoms with Gasteiger partial charge < -0.3 is 0 Å². The number of rotatable bonds is 14. The summed E-state index contributed by atoms with van der Waals surface area (Å²) in [7, 11) is 0. The Bertz CT molecular complexity index is 618. The number of hydrogen-bond donors (Lipinski definition) is 0. The molecule has 0 amide bonds. The SMILES string of the molecule is CCCCCCCCC1=CC=CC2=C(CCCCCCCC)C=CC=CC2=C1. The first-order valence-corrected chi connectivity index (χ1v) is 12.0. The first-order chi connectivity index (χ1) is 13.8. The normalized spacial score (nSPS) is 15.9. The Kier molecular flexibility index (Phi) is 11.7. The van der Waals surface area contributed by atoms with E-state index >= 15 is 0 Å². The third-order valence-electron chi connectivity index (χ3n) is 5.87. The second kappa shape index (κ2) is 14.4. The molecule has 0 spiro atoms. The monoisotopic (exact) mass is 378 g/mol. The number of fused-ring (bicyclic) bond motifs is 1. The minimum atomic E-state index is 1.20. The predicted molar refractivity (Wildman–Crippen MR) is 127 cm³/mol. The second-order valence-corrected chi connectivity index (χ2v) is 8.39. The zero-order valence-electron chi connectivity index (χ0n) is 18.5. The van der Waals surface area contributed by atoms with Crippen molar-refractivity contribution in [2.45, 2.75) is 104 Å². The molecule has 0 radical (unpaired) electrons. The molecule has 0 nitrogen and oxygen atoms in total. The van der Waals surface area contributed by atoms with Crippen molar-refractivity contribution in [3.05, 3.63) is 70.9 Å². The van der Waals surface area contributed by atoms with Gasteiger partial charge in [0, 0.05) is 0 Å². The van der Waals surface area contributed by atoms with Crippen molar-refractivity contribution in [1.82, 2.24) is 0 Å². The van der Waals surface area contributed by atoms with E-state index < -0.39 is 0 Å². The van der Waals surface area contributed by atoms with E-state index in [0.717, 1.165) is 0 Å². The zero-order chi connectivity index (χ0) is 19.9. The van der Waals surface area contributed by atoms with Crippen LogP contribution in [-0.2, 0) is 0 Å². The van der Waals surface area contributed by atoms with E-state index in [1.807, 2.05) is 0 Å². The fourth-order valence-corrected chi connectivity index (χ4v) is 4.12. The van der Waals surface area contributed by atoms with Gasteiger partial charge in [0.1, 0.15) is 0 Å². The summed E-state index contributed by atoms with van der Waals surface area (Å²) in [6, 6.07) is 0. The first-order valence-electron chi connectivity index (χ1n) is 12.0. The standard InChI is InChI=1S/C28H42/c1-3-5-7-9-11-13-18-25-19-17-23-28-26(20-14-12-10-8-6-4-2)21-15-16-22-27(28)24-25/h15-17,19,21-24H,3-14,18,20H2,1-2H3. The third-order valence-corrected chi connectivity index (χ3v) is 5.87. The van der Waals surface area contributed by atoms with Gasteiger partial charge in [0.15, 0.2) is 0 Å². The van der Waals surface area contributed by atoms with Crippen molar-refractivity contribution >= 4 is 0 Å². The summed E-state index contributed by atoms with van der Waals surface area (Å²) in [5.41, 5.74) is 5.84. The van der Waals surface area contributed by atoms with Crippen LogP contribution in [0.2, 0.25) is 0 Å². The van der Waals surface area contributed by atoms with Gasteiger partial charge in [-0.1, -0.05) is 127 Å². The highest BCUT2D eigenvalue weighted by Crippen LogP contribution is 2.29. The molecule has 0 aliphatic heterocycles. The van der Waals surface area contributed by atoms with Gasteiger partial charge in [0.25, 0.3) is 0 Å². The molecule has 0 atom stereocenters. The molecule has 2 aliphatic rings. The van der Waals surface area contributed by atoms with Crippen molar-refractivity contribution in [2.24, 2.45) is 0 Å². The molecular formula is C28H42. The molecule has 0 saturated carbocycles. The molecule has 2 rings (SSSR count). The maximum absolute atomic E-state index is 2.44. The minimum absolute atomic E-state index is 1.20. The van der Waals surface area contributed by atoms with Crippen LogP contribution in [0.5, 0.6) is 0 Å². The number of hydrogen-bond acceptors (Lipinski definition) is 0. The number of allylic oxidation sites excluding steroid dienone is 12. The van der Waals surface area contributed by atoms with Crippen LogP contribution < -0.4 is 0 Å². The Morgan fingerprint density at radius 1 is 0.571 bits per heavy atom. The van der Waals surface area contributed by atoms with Gasteiger partial charge in [-0.15, -0.1) is 0 Å². The summed E-state index contributed by atoms with van der Waals surface area (Å²) in [5.74, 6) is 0. The van der Waals surface area contributed by atoms with Crippen LogP contribution in [0, 0.1) is 0 Å². The van der Waals surface area contributed by atoms with E-state index in [4.69, 9.17) is 0 Å². The van der Waals surface area contributed by atoms with E-state index in [-0.39, 0.29) is 0 Å². The molecule has 0 heterocycles. The topological polar surface area (TPSA) is 0 Å². The van der Waals surface area contributed by atoms with E-state index in [0.29, 0.717) is 0 Å². The molecule has 0 bridgehead atoms. The fourth-order valence-electron chi connectivity index (χ4n) is 4.12. The minimum Gasteiger partial charge on any atom is -0.0654 e. The molecule has 154 valence electrons. The summed E-state index contributed by atoms with van der Waals surface area (Å²) >= 11 is 0. The third kappa shape index (κ3) is 8.63. The lowest BCUT2D eigenvalue weighted by molar-refractivity contribution is 0.607. The number of unbranched alkanes of at least 4 members (excludes halogenated alkanes) is 10. The summed E-state index contributed by atoms with van der Waals surface area (Å²) in [6.07, 6.45) is 37.3. The average molecular weight is 379 g/mol. The Morgan fingerprint density at radius 3 is 1.89 bits per heavy atom. The molecule has 0 saturated heterocycles. The van der Waals surface area contributed by atoms with Gasteiger partial charge in [-0.3, -0.25) is 0 Å². The molecule has 0 aromatic carbocycles. The van der Waals surface area contributed by atoms with Crippen LogP contribution in [0.15, 0.2) is 70.9 Å². The van der Waals surface area contributed by atoms with E-state index in [9.17, 15) is 0 Å². The van der Waals surface area contributed by atoms with Gasteiger partial charge in [0.2, 0.25) is 0 Å². The quantitative estimate of drug-likeness (QED) is 0.264. The van der Waals surface area contributed by atoms with E-state index in [1.54, 1.807) is 0 Å². The second-order valence-electron chi connectivity index (χ2n) is 8.39. The van der Waals surface area contributed by atoms with Crippen molar-refractivity contribution in [1.29, 1.82) is 0 Å². The summed E-state index contributed by atoms with van der Waals surface area (Å²) < 4.78 is 0. The van der Waals surface area contributed by atoms with Gasteiger partial charge >= 0.3 is 0 Å². The smallest absolute Gasteiger partial charge is 0.0152 e. The van der Waals surface area contributed by atoms with Crippen molar-refractivity contribution < 1.29 is 0 Å². The molecule has 0 heteroatoms. The fraction of sp³-hybridized carbons (Fsp3) is 0.571. The highest BCUT2D eigenvalue weighted by molar-refractivity contribution is 5.58. The van der Waals surface area contributed by atoms with E-state index in [1.165, 1.54) is 112 Å². The van der Waals surface area contributed by atoms with Crippen molar-refractivity contribution in [3.63, 3.8) is 0 Å². The molecule has 0 aromatic heterocycles. The van der Waals surface area contributed by atoms with E-state index in [2.05, 4.69) is 62.5 Å². The van der Waals surface area contributed by atoms with Crippen LogP contribution in [0.1, 0.15) is 104 Å². The molecule has 28 heavy (non-hydrogen) atoms. The van der Waals surface area contributed by atoms with Gasteiger partial charge in [0.05, 0.1) is 0 Å². The van der Waals surface area contributed by atoms with Crippen LogP contribution >= 0.6 is 0 Å². The van der Waals surface area contributed by atoms with Crippen LogP contribution in [0.25, 0.3) is 0 Å². The van der Waals surface area contributed by atoms with Crippen LogP contribution in [0.3, 0.4) is 0 Å². The molecule has 2 aliphatic carbocycles. The van der Waals surface area contributed by atoms with Gasteiger partial charge in [-0.05, 0) is 48.0 Å². The average Bonchev–Trinajstić information content (AvgIpc) is 3.01. The van der Waals surface area contributed by atoms with Crippen LogP contribution in [-0.4, -0.2) is 0 Å². The molecule has 0 fully saturated rings. The Balaban J connectivity index is 1.89. The van der Waals surface area contributed by atoms with Crippen molar-refractivity contribution in [3.8, 4) is 0 Å². The lowest BCUT2D eigenvalue weighted by atomic mass is 9.95. The first kappa shape index (κ1) is 22.7. The zero-order valence-corrected chi connectivity index (χ0v) is 18.5. The highest BCUT2D eigenvalue weighted by atomic mass is 14.2.